The first-order valence-electron chi connectivity index (χ1n) is 13.8. The molecule has 0 radical (unpaired) electrons. The van der Waals surface area contributed by atoms with Gasteiger partial charge in [0.05, 0.1) is 26.1 Å². The van der Waals surface area contributed by atoms with Crippen molar-refractivity contribution in [1.82, 2.24) is 15.5 Å². The third kappa shape index (κ3) is 13.1. The van der Waals surface area contributed by atoms with Gasteiger partial charge in [0.25, 0.3) is 5.91 Å². The molecule has 1 aromatic rings. The fourth-order valence-electron chi connectivity index (χ4n) is 3.92. The van der Waals surface area contributed by atoms with Crippen molar-refractivity contribution in [2.45, 2.75) is 91.8 Å². The molecule has 3 unspecified atom stereocenters. The summed E-state index contributed by atoms with van der Waals surface area (Å²) in [5.74, 6) is -3.24. The van der Waals surface area contributed by atoms with E-state index < -0.39 is 54.1 Å². The standard InChI is InChI=1S/C27H43N3O7.C2H6/c1-7-8-9-10-13-30(5)16-21(31)20(15-23(32)33)28-26(35)24(17(2)3)29-27(36)25(34)19-14-18(4)11-12-22(19)37-6;1-2/h11-12,14,17,20,24-25,34H,7-10,13,15-16H2,1-6H3,(H,28,35)(H,29,36)(H,32,33);1-2H3. The molecule has 10 heteroatoms. The smallest absolute Gasteiger partial charge is 0.305 e. The van der Waals surface area contributed by atoms with Gasteiger partial charge < -0.3 is 25.6 Å². The van der Waals surface area contributed by atoms with Crippen LogP contribution in [0.25, 0.3) is 0 Å². The Morgan fingerprint density at radius 2 is 1.67 bits per heavy atom. The molecule has 3 atom stereocenters. The number of carboxylic acid groups (broad SMARTS) is 1. The molecule has 0 saturated carbocycles. The largest absolute Gasteiger partial charge is 0.496 e. The van der Waals surface area contributed by atoms with Crippen LogP contribution in [0.3, 0.4) is 0 Å². The molecular formula is C29H49N3O7. The first-order chi connectivity index (χ1) is 18.4. The average Bonchev–Trinajstić information content (AvgIpc) is 2.89. The molecule has 4 N–H and O–H groups in total. The Hall–Kier alpha value is -2.98. The maximum Gasteiger partial charge on any atom is 0.305 e. The lowest BCUT2D eigenvalue weighted by Crippen LogP contribution is -2.55. The van der Waals surface area contributed by atoms with E-state index in [4.69, 9.17) is 4.74 Å². The van der Waals surface area contributed by atoms with Crippen molar-refractivity contribution in [3.8, 4) is 5.75 Å². The lowest BCUT2D eigenvalue weighted by molar-refractivity contribution is -0.141. The molecule has 2 amide bonds. The number of amides is 2. The lowest BCUT2D eigenvalue weighted by atomic mass is 10.00. The van der Waals surface area contributed by atoms with Gasteiger partial charge in [-0.25, -0.2) is 0 Å². The monoisotopic (exact) mass is 551 g/mol. The third-order valence-electron chi connectivity index (χ3n) is 6.08. The number of benzene rings is 1. The van der Waals surface area contributed by atoms with Crippen molar-refractivity contribution in [2.24, 2.45) is 5.92 Å². The Kier molecular flexibility index (Phi) is 17.7. The van der Waals surface area contributed by atoms with E-state index in [1.54, 1.807) is 46.0 Å². The Labute approximate surface area is 233 Å². The van der Waals surface area contributed by atoms with Crippen LogP contribution in [-0.4, -0.2) is 78.0 Å². The van der Waals surface area contributed by atoms with Crippen molar-refractivity contribution < 1.29 is 34.1 Å². The Balaban J connectivity index is 0.00000704. The number of Topliss-reactive ketones (excluding diaryl/α,β-unsaturated/α-hetero) is 1. The summed E-state index contributed by atoms with van der Waals surface area (Å²) in [6, 6.07) is 2.68. The molecule has 0 heterocycles. The number of nitrogens with one attached hydrogen (secondary N) is 2. The predicted octanol–water partition coefficient (Wildman–Crippen LogP) is 3.24. The molecule has 222 valence electrons. The number of aliphatic carboxylic acids is 1. The average molecular weight is 552 g/mol. The van der Waals surface area contributed by atoms with E-state index in [1.807, 2.05) is 18.7 Å². The topological polar surface area (TPSA) is 145 Å². The highest BCUT2D eigenvalue weighted by molar-refractivity contribution is 5.96. The van der Waals surface area contributed by atoms with Crippen LogP contribution in [0.4, 0.5) is 0 Å². The summed E-state index contributed by atoms with van der Waals surface area (Å²) in [5, 5.41) is 25.0. The maximum absolute atomic E-state index is 13.1. The summed E-state index contributed by atoms with van der Waals surface area (Å²) in [5.41, 5.74) is 1.06. The minimum absolute atomic E-state index is 0.00504. The van der Waals surface area contributed by atoms with Gasteiger partial charge in [0.15, 0.2) is 11.9 Å². The van der Waals surface area contributed by atoms with Gasteiger partial charge in [0.1, 0.15) is 11.8 Å². The number of aliphatic hydroxyl groups is 1. The van der Waals surface area contributed by atoms with Gasteiger partial charge in [0, 0.05) is 5.56 Å². The molecule has 39 heavy (non-hydrogen) atoms. The second-order valence-electron chi connectivity index (χ2n) is 9.80. The maximum atomic E-state index is 13.1. The number of hydrogen-bond donors (Lipinski definition) is 4. The molecular weight excluding hydrogens is 502 g/mol. The zero-order valence-corrected chi connectivity index (χ0v) is 24.9. The van der Waals surface area contributed by atoms with Gasteiger partial charge >= 0.3 is 5.97 Å². The number of rotatable bonds is 17. The number of likely N-dealkylation sites (N-methyl/N-ethyl adjacent to an activating group) is 1. The molecule has 0 aliphatic carbocycles. The highest BCUT2D eigenvalue weighted by Crippen LogP contribution is 2.26. The molecule has 0 spiro atoms. The van der Waals surface area contributed by atoms with Gasteiger partial charge in [-0.2, -0.15) is 0 Å². The molecule has 0 fully saturated rings. The van der Waals surface area contributed by atoms with E-state index in [1.165, 1.54) is 7.11 Å². The van der Waals surface area contributed by atoms with Gasteiger partial charge in [-0.05, 0) is 45.0 Å². The zero-order valence-electron chi connectivity index (χ0n) is 24.9. The minimum atomic E-state index is -1.60. The molecule has 0 aliphatic rings. The molecule has 0 aromatic heterocycles. The zero-order chi connectivity index (χ0) is 30.1. The summed E-state index contributed by atoms with van der Waals surface area (Å²) in [4.78, 5) is 52.0. The number of carboxylic acids is 1. The molecule has 1 rings (SSSR count). The van der Waals surface area contributed by atoms with Crippen molar-refractivity contribution >= 4 is 23.6 Å². The van der Waals surface area contributed by atoms with Gasteiger partial charge in [-0.1, -0.05) is 65.5 Å². The second kappa shape index (κ2) is 19.1. The molecule has 0 bridgehead atoms. The van der Waals surface area contributed by atoms with E-state index in [0.717, 1.165) is 31.2 Å². The van der Waals surface area contributed by atoms with Crippen LogP contribution in [0, 0.1) is 12.8 Å². The lowest BCUT2D eigenvalue weighted by Gasteiger charge is -2.26. The summed E-state index contributed by atoms with van der Waals surface area (Å²) in [6.07, 6.45) is 1.99. The van der Waals surface area contributed by atoms with Crippen LogP contribution < -0.4 is 15.4 Å². The first-order valence-corrected chi connectivity index (χ1v) is 13.8. The van der Waals surface area contributed by atoms with Crippen LogP contribution >= 0.6 is 0 Å². The van der Waals surface area contributed by atoms with E-state index >= 15 is 0 Å². The number of carbonyl (C=O) groups is 4. The molecule has 10 nitrogen and oxygen atoms in total. The van der Waals surface area contributed by atoms with Crippen molar-refractivity contribution in [1.29, 1.82) is 0 Å². The highest BCUT2D eigenvalue weighted by atomic mass is 16.5. The normalized spacial score (nSPS) is 13.1. The van der Waals surface area contributed by atoms with Crippen LogP contribution in [0.1, 0.15) is 84.0 Å². The molecule has 0 aliphatic heterocycles. The number of aliphatic hydroxyl groups excluding tert-OH is 1. The first kappa shape index (κ1) is 36.0. The summed E-state index contributed by atoms with van der Waals surface area (Å²) >= 11 is 0. The van der Waals surface area contributed by atoms with E-state index in [-0.39, 0.29) is 12.1 Å². The number of hydrogen-bond acceptors (Lipinski definition) is 7. The number of methoxy groups -OCH3 is 1. The SMILES string of the molecule is CC.CCCCCCN(C)CC(=O)C(CC(=O)O)NC(=O)C(NC(=O)C(O)c1cc(C)ccc1OC)C(C)C. The van der Waals surface area contributed by atoms with Gasteiger partial charge in [0.2, 0.25) is 5.91 Å². The third-order valence-corrected chi connectivity index (χ3v) is 6.08. The van der Waals surface area contributed by atoms with E-state index in [0.29, 0.717) is 12.3 Å². The summed E-state index contributed by atoms with van der Waals surface area (Å²) < 4.78 is 5.24. The quantitative estimate of drug-likeness (QED) is 0.216. The number of aryl methyl sites for hydroxylation is 1. The molecule has 0 saturated heterocycles. The van der Waals surface area contributed by atoms with Crippen LogP contribution in [0.5, 0.6) is 5.75 Å². The highest BCUT2D eigenvalue weighted by Gasteiger charge is 2.32. The van der Waals surface area contributed by atoms with Crippen molar-refractivity contribution in [3.05, 3.63) is 29.3 Å². The van der Waals surface area contributed by atoms with Crippen molar-refractivity contribution in [3.63, 3.8) is 0 Å². The van der Waals surface area contributed by atoms with E-state index in [2.05, 4.69) is 17.6 Å². The summed E-state index contributed by atoms with van der Waals surface area (Å²) in [7, 11) is 3.20. The Morgan fingerprint density at radius 1 is 1.03 bits per heavy atom. The minimum Gasteiger partial charge on any atom is -0.496 e. The van der Waals surface area contributed by atoms with E-state index in [9.17, 15) is 29.4 Å². The molecule has 1 aromatic carbocycles. The number of carbonyl (C=O) groups excluding carboxylic acids is 3. The fourth-order valence-corrected chi connectivity index (χ4v) is 3.92. The van der Waals surface area contributed by atoms with Gasteiger partial charge in [-0.15, -0.1) is 0 Å². The van der Waals surface area contributed by atoms with Crippen LogP contribution in [0.2, 0.25) is 0 Å². The van der Waals surface area contributed by atoms with Gasteiger partial charge in [-0.3, -0.25) is 24.1 Å². The fraction of sp³-hybridized carbons (Fsp3) is 0.655. The Bertz CT molecular complexity index is 920. The second-order valence-corrected chi connectivity index (χ2v) is 9.80. The Morgan fingerprint density at radius 3 is 2.21 bits per heavy atom. The number of ketones is 1. The van der Waals surface area contributed by atoms with Crippen LogP contribution in [-0.2, 0) is 19.2 Å². The number of nitrogens with zero attached hydrogens (tertiary/aromatic N) is 1. The van der Waals surface area contributed by atoms with Crippen LogP contribution in [0.15, 0.2) is 18.2 Å². The predicted molar refractivity (Wildman–Crippen MR) is 152 cm³/mol. The number of ether oxygens (including phenoxy) is 1. The summed E-state index contributed by atoms with van der Waals surface area (Å²) in [6.45, 7) is 12.0. The van der Waals surface area contributed by atoms with Crippen molar-refractivity contribution in [2.75, 3.05) is 27.2 Å². The number of unbranched alkanes of at least 4 members (excludes halogenated alkanes) is 3.